The molecule has 1 rings (SSSR count). The van der Waals surface area contributed by atoms with Crippen LogP contribution in [-0.2, 0) is 11.3 Å². The molecular formula is C14H21Cl2NO2. The molecule has 0 aromatic heterocycles. The van der Waals surface area contributed by atoms with Crippen LogP contribution in [-0.4, -0.2) is 26.9 Å². The SMILES string of the molecule is CCCNCc1cc(Cl)cc(Cl)c1OCCCOC. The van der Waals surface area contributed by atoms with Gasteiger partial charge < -0.3 is 14.8 Å². The largest absolute Gasteiger partial charge is 0.492 e. The van der Waals surface area contributed by atoms with E-state index in [4.69, 9.17) is 32.7 Å². The number of benzene rings is 1. The Morgan fingerprint density at radius 3 is 2.68 bits per heavy atom. The number of nitrogens with one attached hydrogen (secondary N) is 1. The Kier molecular flexibility index (Phi) is 8.22. The summed E-state index contributed by atoms with van der Waals surface area (Å²) in [4.78, 5) is 0. The van der Waals surface area contributed by atoms with Crippen LogP contribution in [0.3, 0.4) is 0 Å². The summed E-state index contributed by atoms with van der Waals surface area (Å²) in [7, 11) is 1.68. The maximum absolute atomic E-state index is 6.19. The van der Waals surface area contributed by atoms with Crippen molar-refractivity contribution in [1.29, 1.82) is 0 Å². The van der Waals surface area contributed by atoms with E-state index < -0.39 is 0 Å². The van der Waals surface area contributed by atoms with Crippen molar-refractivity contribution in [2.75, 3.05) is 26.9 Å². The van der Waals surface area contributed by atoms with Gasteiger partial charge in [0.25, 0.3) is 0 Å². The van der Waals surface area contributed by atoms with Crippen molar-refractivity contribution in [3.63, 3.8) is 0 Å². The third-order valence-corrected chi connectivity index (χ3v) is 3.07. The minimum atomic E-state index is 0.554. The molecular weight excluding hydrogens is 285 g/mol. The first-order valence-electron chi connectivity index (χ1n) is 6.49. The van der Waals surface area contributed by atoms with Crippen LogP contribution in [0, 0.1) is 0 Å². The van der Waals surface area contributed by atoms with Crippen molar-refractivity contribution in [1.82, 2.24) is 5.32 Å². The monoisotopic (exact) mass is 305 g/mol. The third-order valence-electron chi connectivity index (χ3n) is 2.57. The molecule has 0 radical (unpaired) electrons. The number of rotatable bonds is 9. The van der Waals surface area contributed by atoms with E-state index in [0.717, 1.165) is 24.9 Å². The Morgan fingerprint density at radius 1 is 1.21 bits per heavy atom. The summed E-state index contributed by atoms with van der Waals surface area (Å²) in [5, 5.41) is 4.51. The van der Waals surface area contributed by atoms with E-state index in [0.29, 0.717) is 35.6 Å². The molecule has 0 fully saturated rings. The number of methoxy groups -OCH3 is 1. The number of hydrogen-bond donors (Lipinski definition) is 1. The fraction of sp³-hybridized carbons (Fsp3) is 0.571. The predicted molar refractivity (Wildman–Crippen MR) is 80.4 cm³/mol. The first-order valence-corrected chi connectivity index (χ1v) is 7.25. The lowest BCUT2D eigenvalue weighted by molar-refractivity contribution is 0.172. The minimum absolute atomic E-state index is 0.554. The van der Waals surface area contributed by atoms with E-state index in [1.807, 2.05) is 6.07 Å². The molecule has 5 heteroatoms. The van der Waals surface area contributed by atoms with Crippen molar-refractivity contribution in [2.45, 2.75) is 26.3 Å². The average molecular weight is 306 g/mol. The number of ether oxygens (including phenoxy) is 2. The summed E-state index contributed by atoms with van der Waals surface area (Å²) in [5.74, 6) is 0.714. The molecule has 1 aromatic carbocycles. The molecule has 0 atom stereocenters. The molecule has 0 heterocycles. The molecule has 1 aromatic rings. The molecule has 0 saturated carbocycles. The highest BCUT2D eigenvalue weighted by Crippen LogP contribution is 2.32. The lowest BCUT2D eigenvalue weighted by Crippen LogP contribution is -2.15. The van der Waals surface area contributed by atoms with Gasteiger partial charge in [-0.15, -0.1) is 0 Å². The molecule has 108 valence electrons. The first-order chi connectivity index (χ1) is 9.19. The molecule has 0 spiro atoms. The van der Waals surface area contributed by atoms with E-state index in [-0.39, 0.29) is 0 Å². The normalized spacial score (nSPS) is 10.7. The smallest absolute Gasteiger partial charge is 0.142 e. The Bertz CT molecular complexity index is 386. The maximum Gasteiger partial charge on any atom is 0.142 e. The Balaban J connectivity index is 2.69. The molecule has 1 N–H and O–H groups in total. The van der Waals surface area contributed by atoms with E-state index in [9.17, 15) is 0 Å². The highest BCUT2D eigenvalue weighted by atomic mass is 35.5. The molecule has 19 heavy (non-hydrogen) atoms. The summed E-state index contributed by atoms with van der Waals surface area (Å²) in [5.41, 5.74) is 0.989. The molecule has 0 aliphatic carbocycles. The highest BCUT2D eigenvalue weighted by Gasteiger charge is 2.10. The van der Waals surface area contributed by atoms with Gasteiger partial charge in [-0.2, -0.15) is 0 Å². The molecule has 0 amide bonds. The van der Waals surface area contributed by atoms with Crippen LogP contribution in [0.1, 0.15) is 25.3 Å². The van der Waals surface area contributed by atoms with E-state index in [1.165, 1.54) is 0 Å². The zero-order valence-corrected chi connectivity index (χ0v) is 13.0. The summed E-state index contributed by atoms with van der Waals surface area (Å²) in [6.45, 7) is 5.03. The van der Waals surface area contributed by atoms with Gasteiger partial charge in [0.2, 0.25) is 0 Å². The first kappa shape index (κ1) is 16.6. The van der Waals surface area contributed by atoms with Crippen LogP contribution in [0.25, 0.3) is 0 Å². The lowest BCUT2D eigenvalue weighted by Gasteiger charge is -2.14. The van der Waals surface area contributed by atoms with Gasteiger partial charge in [0.15, 0.2) is 0 Å². The quantitative estimate of drug-likeness (QED) is 0.702. The van der Waals surface area contributed by atoms with Gasteiger partial charge in [-0.25, -0.2) is 0 Å². The predicted octanol–water partition coefficient (Wildman–Crippen LogP) is 3.91. The van der Waals surface area contributed by atoms with Crippen LogP contribution < -0.4 is 10.1 Å². The van der Waals surface area contributed by atoms with Gasteiger partial charge in [0.05, 0.1) is 11.6 Å². The van der Waals surface area contributed by atoms with Gasteiger partial charge in [0, 0.05) is 37.3 Å². The second kappa shape index (κ2) is 9.43. The maximum atomic E-state index is 6.19. The van der Waals surface area contributed by atoms with Gasteiger partial charge >= 0.3 is 0 Å². The van der Waals surface area contributed by atoms with Gasteiger partial charge in [0.1, 0.15) is 5.75 Å². The molecule has 0 bridgehead atoms. The second-order valence-electron chi connectivity index (χ2n) is 4.25. The Labute approximate surface area is 125 Å². The van der Waals surface area contributed by atoms with Crippen LogP contribution in [0.2, 0.25) is 10.0 Å². The van der Waals surface area contributed by atoms with Gasteiger partial charge in [-0.1, -0.05) is 30.1 Å². The fourth-order valence-corrected chi connectivity index (χ4v) is 2.27. The third kappa shape index (κ3) is 6.00. The number of hydrogen-bond acceptors (Lipinski definition) is 3. The summed E-state index contributed by atoms with van der Waals surface area (Å²) in [6.07, 6.45) is 1.91. The van der Waals surface area contributed by atoms with Crippen LogP contribution in [0.15, 0.2) is 12.1 Å². The van der Waals surface area contributed by atoms with E-state index in [1.54, 1.807) is 13.2 Å². The summed E-state index contributed by atoms with van der Waals surface area (Å²) >= 11 is 12.2. The average Bonchev–Trinajstić information content (AvgIpc) is 2.37. The van der Waals surface area contributed by atoms with Crippen molar-refractivity contribution >= 4 is 23.2 Å². The minimum Gasteiger partial charge on any atom is -0.492 e. The molecule has 0 saturated heterocycles. The zero-order chi connectivity index (χ0) is 14.1. The molecule has 3 nitrogen and oxygen atoms in total. The van der Waals surface area contributed by atoms with Crippen molar-refractivity contribution in [3.05, 3.63) is 27.7 Å². The van der Waals surface area contributed by atoms with Crippen LogP contribution in [0.5, 0.6) is 5.75 Å². The lowest BCUT2D eigenvalue weighted by atomic mass is 10.2. The second-order valence-corrected chi connectivity index (χ2v) is 5.09. The number of halogens is 2. The Hall–Kier alpha value is -0.480. The molecule has 0 aliphatic rings. The summed E-state index contributed by atoms with van der Waals surface area (Å²) in [6, 6.07) is 3.60. The van der Waals surface area contributed by atoms with Crippen molar-refractivity contribution < 1.29 is 9.47 Å². The standard InChI is InChI=1S/C14H21Cl2NO2/c1-3-5-17-10-11-8-12(15)9-13(16)14(11)19-7-4-6-18-2/h8-9,17H,3-7,10H2,1-2H3. The zero-order valence-electron chi connectivity index (χ0n) is 11.5. The van der Waals surface area contributed by atoms with Crippen molar-refractivity contribution in [3.8, 4) is 5.75 Å². The van der Waals surface area contributed by atoms with E-state index >= 15 is 0 Å². The molecule has 0 aliphatic heterocycles. The van der Waals surface area contributed by atoms with E-state index in [2.05, 4.69) is 12.2 Å². The molecule has 0 unspecified atom stereocenters. The summed E-state index contributed by atoms with van der Waals surface area (Å²) < 4.78 is 10.7. The van der Waals surface area contributed by atoms with Crippen molar-refractivity contribution in [2.24, 2.45) is 0 Å². The van der Waals surface area contributed by atoms with Crippen LogP contribution in [0.4, 0.5) is 0 Å². The topological polar surface area (TPSA) is 30.5 Å². The van der Waals surface area contributed by atoms with Gasteiger partial charge in [-0.05, 0) is 25.1 Å². The fourth-order valence-electron chi connectivity index (χ4n) is 1.68. The van der Waals surface area contributed by atoms with Gasteiger partial charge in [-0.3, -0.25) is 0 Å². The van der Waals surface area contributed by atoms with Crippen LogP contribution >= 0.6 is 23.2 Å². The highest BCUT2D eigenvalue weighted by molar-refractivity contribution is 6.35. The Morgan fingerprint density at radius 2 is 2.00 bits per heavy atom.